The molecular weight excluding hydrogens is 536 g/mol. The summed E-state index contributed by atoms with van der Waals surface area (Å²) in [6.45, 7) is 0. The lowest BCUT2D eigenvalue weighted by molar-refractivity contribution is 1.13. The third kappa shape index (κ3) is 3.78. The first-order valence-electron chi connectivity index (χ1n) is 14.8. The Kier molecular flexibility index (Phi) is 5.47. The molecule has 206 valence electrons. The van der Waals surface area contributed by atoms with Crippen molar-refractivity contribution in [2.45, 2.75) is 0 Å². The second-order valence-electron chi connectivity index (χ2n) is 11.2. The lowest BCUT2D eigenvalue weighted by Gasteiger charge is -2.13. The van der Waals surface area contributed by atoms with Crippen LogP contribution in [0.15, 0.2) is 158 Å². The zero-order chi connectivity index (χ0) is 29.0. The Morgan fingerprint density at radius 1 is 0.341 bits per heavy atom. The Balaban J connectivity index is 1.25. The number of hydrogen-bond acceptors (Lipinski definition) is 2. The van der Waals surface area contributed by atoms with E-state index in [4.69, 9.17) is 0 Å². The Hall–Kier alpha value is -6.00. The minimum Gasteiger partial charge on any atom is -0.309 e. The maximum absolute atomic E-state index is 4.34. The van der Waals surface area contributed by atoms with Crippen molar-refractivity contribution >= 4 is 43.6 Å². The first-order chi connectivity index (χ1) is 21.8. The van der Waals surface area contributed by atoms with Crippen molar-refractivity contribution in [2.24, 2.45) is 0 Å². The van der Waals surface area contributed by atoms with Crippen molar-refractivity contribution in [3.05, 3.63) is 158 Å². The highest BCUT2D eigenvalue weighted by Crippen LogP contribution is 2.37. The number of rotatable bonds is 4. The molecule has 4 aromatic heterocycles. The Bertz CT molecular complexity index is 2320. The summed E-state index contributed by atoms with van der Waals surface area (Å²) < 4.78 is 4.77. The molecule has 0 spiro atoms. The van der Waals surface area contributed by atoms with Crippen LogP contribution in [0.3, 0.4) is 0 Å². The standard InChI is InChI=1S/C40H26N4/c1-3-14-37-33(12-1)35-22-27(29-8-6-20-41-25-29)16-18-39(35)43(37)31-10-5-11-32(24-31)44-38-15-4-2-13-34(38)36-23-28(17-19-40(36)44)30-9-7-21-42-26-30/h1-26H. The fourth-order valence-corrected chi connectivity index (χ4v) is 6.70. The van der Waals surface area contributed by atoms with Crippen molar-refractivity contribution in [3.63, 3.8) is 0 Å². The Labute approximate surface area is 254 Å². The van der Waals surface area contributed by atoms with Crippen molar-refractivity contribution in [2.75, 3.05) is 0 Å². The van der Waals surface area contributed by atoms with Gasteiger partial charge in [-0.1, -0.05) is 66.7 Å². The molecule has 0 saturated carbocycles. The summed E-state index contributed by atoms with van der Waals surface area (Å²) in [4.78, 5) is 8.69. The summed E-state index contributed by atoms with van der Waals surface area (Å²) in [6, 6.07) is 47.9. The minimum absolute atomic E-state index is 1.12. The molecule has 4 heterocycles. The van der Waals surface area contributed by atoms with Crippen LogP contribution >= 0.6 is 0 Å². The molecular formula is C40H26N4. The van der Waals surface area contributed by atoms with Crippen LogP contribution in [0.2, 0.25) is 0 Å². The molecule has 0 fully saturated rings. The highest BCUT2D eigenvalue weighted by Gasteiger charge is 2.16. The second kappa shape index (κ2) is 9.79. The Morgan fingerprint density at radius 2 is 0.818 bits per heavy atom. The van der Waals surface area contributed by atoms with Crippen LogP contribution in [0.25, 0.3) is 77.2 Å². The SMILES string of the molecule is c1cncc(-c2ccc3c(c2)c2ccccc2n3-c2cccc(-n3c4ccccc4c4cc(-c5cccnc5)ccc43)c2)c1. The van der Waals surface area contributed by atoms with Crippen LogP contribution < -0.4 is 0 Å². The van der Waals surface area contributed by atoms with Crippen molar-refractivity contribution in [1.82, 2.24) is 19.1 Å². The molecule has 9 rings (SSSR count). The predicted molar refractivity (Wildman–Crippen MR) is 182 cm³/mol. The molecule has 44 heavy (non-hydrogen) atoms. The van der Waals surface area contributed by atoms with Crippen LogP contribution in [-0.2, 0) is 0 Å². The summed E-state index contributed by atoms with van der Waals surface area (Å²) >= 11 is 0. The molecule has 0 N–H and O–H groups in total. The summed E-state index contributed by atoms with van der Waals surface area (Å²) in [6.07, 6.45) is 7.49. The quantitative estimate of drug-likeness (QED) is 0.214. The summed E-state index contributed by atoms with van der Waals surface area (Å²) in [7, 11) is 0. The lowest BCUT2D eigenvalue weighted by atomic mass is 10.0. The van der Waals surface area contributed by atoms with Gasteiger partial charge in [-0.25, -0.2) is 0 Å². The van der Waals surface area contributed by atoms with Gasteiger partial charge in [-0.2, -0.15) is 0 Å². The van der Waals surface area contributed by atoms with Crippen LogP contribution in [0.1, 0.15) is 0 Å². The van der Waals surface area contributed by atoms with Crippen LogP contribution in [0.5, 0.6) is 0 Å². The second-order valence-corrected chi connectivity index (χ2v) is 11.2. The zero-order valence-corrected chi connectivity index (χ0v) is 23.8. The average molecular weight is 563 g/mol. The first kappa shape index (κ1) is 24.6. The molecule has 0 aliphatic carbocycles. The van der Waals surface area contributed by atoms with Gasteiger partial charge in [0.25, 0.3) is 0 Å². The first-order valence-corrected chi connectivity index (χ1v) is 14.8. The van der Waals surface area contributed by atoms with E-state index in [0.717, 1.165) is 33.6 Å². The topological polar surface area (TPSA) is 35.6 Å². The maximum Gasteiger partial charge on any atom is 0.0541 e. The molecule has 0 aliphatic rings. The fourth-order valence-electron chi connectivity index (χ4n) is 6.70. The largest absolute Gasteiger partial charge is 0.309 e. The van der Waals surface area contributed by atoms with Gasteiger partial charge in [-0.05, 0) is 77.9 Å². The number of fused-ring (bicyclic) bond motifs is 6. The maximum atomic E-state index is 4.34. The zero-order valence-electron chi connectivity index (χ0n) is 23.8. The number of nitrogens with zero attached hydrogens (tertiary/aromatic N) is 4. The van der Waals surface area contributed by atoms with Gasteiger partial charge < -0.3 is 9.13 Å². The normalized spacial score (nSPS) is 11.6. The van der Waals surface area contributed by atoms with Gasteiger partial charge in [0.15, 0.2) is 0 Å². The molecule has 0 bridgehead atoms. The third-order valence-electron chi connectivity index (χ3n) is 8.68. The predicted octanol–water partition coefficient (Wildman–Crippen LogP) is 10.0. The molecule has 0 radical (unpaired) electrons. The molecule has 4 nitrogen and oxygen atoms in total. The highest BCUT2D eigenvalue weighted by atomic mass is 15.0. The summed E-state index contributed by atoms with van der Waals surface area (Å²) in [5.74, 6) is 0. The minimum atomic E-state index is 1.12. The smallest absolute Gasteiger partial charge is 0.0541 e. The van der Waals surface area contributed by atoms with Gasteiger partial charge in [0.1, 0.15) is 0 Å². The van der Waals surface area contributed by atoms with Gasteiger partial charge in [-0.3, -0.25) is 9.97 Å². The van der Waals surface area contributed by atoms with Crippen molar-refractivity contribution in [3.8, 4) is 33.6 Å². The molecule has 5 aromatic carbocycles. The highest BCUT2D eigenvalue weighted by molar-refractivity contribution is 6.12. The van der Waals surface area contributed by atoms with E-state index in [1.165, 1.54) is 43.6 Å². The van der Waals surface area contributed by atoms with Gasteiger partial charge in [0.2, 0.25) is 0 Å². The van der Waals surface area contributed by atoms with Gasteiger partial charge in [0.05, 0.1) is 22.1 Å². The Morgan fingerprint density at radius 3 is 1.30 bits per heavy atom. The number of hydrogen-bond donors (Lipinski definition) is 0. The number of aromatic nitrogens is 4. The summed E-state index contributed by atoms with van der Waals surface area (Å²) in [5.41, 5.74) is 11.5. The molecule has 9 aromatic rings. The fraction of sp³-hybridized carbons (Fsp3) is 0. The monoisotopic (exact) mass is 562 g/mol. The third-order valence-corrected chi connectivity index (χ3v) is 8.68. The molecule has 0 amide bonds. The van der Waals surface area contributed by atoms with Crippen LogP contribution in [-0.4, -0.2) is 19.1 Å². The molecule has 0 atom stereocenters. The lowest BCUT2D eigenvalue weighted by Crippen LogP contribution is -1.98. The molecule has 0 saturated heterocycles. The van der Waals surface area contributed by atoms with E-state index in [9.17, 15) is 0 Å². The van der Waals surface area contributed by atoms with E-state index in [1.807, 2.05) is 36.9 Å². The number of pyridine rings is 2. The van der Waals surface area contributed by atoms with Crippen molar-refractivity contribution in [1.29, 1.82) is 0 Å². The van der Waals surface area contributed by atoms with E-state index in [0.29, 0.717) is 0 Å². The molecule has 4 heteroatoms. The van der Waals surface area contributed by atoms with Gasteiger partial charge in [0, 0.05) is 68.8 Å². The van der Waals surface area contributed by atoms with Crippen LogP contribution in [0.4, 0.5) is 0 Å². The van der Waals surface area contributed by atoms with Gasteiger partial charge >= 0.3 is 0 Å². The van der Waals surface area contributed by atoms with E-state index in [-0.39, 0.29) is 0 Å². The number of benzene rings is 5. The van der Waals surface area contributed by atoms with E-state index in [1.54, 1.807) is 0 Å². The van der Waals surface area contributed by atoms with E-state index < -0.39 is 0 Å². The van der Waals surface area contributed by atoms with E-state index >= 15 is 0 Å². The molecule has 0 unspecified atom stereocenters. The molecule has 0 aliphatic heterocycles. The number of para-hydroxylation sites is 2. The van der Waals surface area contributed by atoms with Gasteiger partial charge in [-0.15, -0.1) is 0 Å². The summed E-state index contributed by atoms with van der Waals surface area (Å²) in [5, 5.41) is 4.93. The van der Waals surface area contributed by atoms with Crippen LogP contribution in [0, 0.1) is 0 Å². The average Bonchev–Trinajstić information content (AvgIpc) is 3.61. The van der Waals surface area contributed by atoms with Crippen molar-refractivity contribution < 1.29 is 0 Å². The van der Waals surface area contributed by atoms with E-state index in [2.05, 4.69) is 140 Å².